The van der Waals surface area contributed by atoms with Crippen LogP contribution in [0.15, 0.2) is 29.4 Å². The Kier molecular flexibility index (Phi) is 3.03. The average Bonchev–Trinajstić information content (AvgIpc) is 2.16. The van der Waals surface area contributed by atoms with Gasteiger partial charge in [0.25, 0.3) is 6.29 Å². The Balaban J connectivity index is 3.12. The SMILES string of the molecule is CON=C([C]=O)c1ccccc1N. The van der Waals surface area contributed by atoms with E-state index in [1.165, 1.54) is 7.11 Å². The molecule has 0 atom stereocenters. The number of nitrogen functional groups attached to an aromatic ring is 1. The van der Waals surface area contributed by atoms with Crippen molar-refractivity contribution in [1.29, 1.82) is 0 Å². The molecule has 13 heavy (non-hydrogen) atoms. The number of rotatable bonds is 3. The molecule has 2 N–H and O–H groups in total. The van der Waals surface area contributed by atoms with Crippen molar-refractivity contribution in [3.05, 3.63) is 29.8 Å². The number of nitrogens with zero attached hydrogens (tertiary/aromatic N) is 1. The standard InChI is InChI=1S/C9H9N2O2/c1-13-11-9(6-12)7-4-2-3-5-8(7)10/h2-5H,10H2,1H3. The molecule has 0 amide bonds. The van der Waals surface area contributed by atoms with Crippen LogP contribution in [0.25, 0.3) is 0 Å². The number of hydrogen-bond donors (Lipinski definition) is 1. The lowest BCUT2D eigenvalue weighted by atomic mass is 10.1. The molecule has 0 fully saturated rings. The molecule has 1 rings (SSSR count). The number of oxime groups is 1. The van der Waals surface area contributed by atoms with Crippen molar-refractivity contribution in [3.8, 4) is 0 Å². The fourth-order valence-corrected chi connectivity index (χ4v) is 0.927. The second kappa shape index (κ2) is 4.25. The molecule has 0 aliphatic carbocycles. The summed E-state index contributed by atoms with van der Waals surface area (Å²) in [6, 6.07) is 6.89. The molecule has 1 aromatic rings. The molecule has 0 aliphatic heterocycles. The van der Waals surface area contributed by atoms with Crippen LogP contribution in [0.5, 0.6) is 0 Å². The molecule has 1 radical (unpaired) electrons. The van der Waals surface area contributed by atoms with Crippen molar-refractivity contribution in [2.24, 2.45) is 5.16 Å². The summed E-state index contributed by atoms with van der Waals surface area (Å²) in [6.45, 7) is 0. The second-order valence-corrected chi connectivity index (χ2v) is 2.31. The minimum absolute atomic E-state index is 0.0700. The predicted molar refractivity (Wildman–Crippen MR) is 50.1 cm³/mol. The lowest BCUT2D eigenvalue weighted by molar-refractivity contribution is 0.214. The monoisotopic (exact) mass is 177 g/mol. The van der Waals surface area contributed by atoms with Gasteiger partial charge in [-0.25, -0.2) is 0 Å². The summed E-state index contributed by atoms with van der Waals surface area (Å²) in [5, 5.41) is 3.49. The first-order valence-corrected chi connectivity index (χ1v) is 3.63. The highest BCUT2D eigenvalue weighted by molar-refractivity contribution is 6.37. The van der Waals surface area contributed by atoms with Crippen LogP contribution in [0.3, 0.4) is 0 Å². The average molecular weight is 177 g/mol. The Hall–Kier alpha value is -1.84. The maximum Gasteiger partial charge on any atom is 0.257 e. The first kappa shape index (κ1) is 9.25. The Morgan fingerprint density at radius 2 is 2.23 bits per heavy atom. The highest BCUT2D eigenvalue weighted by atomic mass is 16.6. The van der Waals surface area contributed by atoms with Crippen molar-refractivity contribution in [3.63, 3.8) is 0 Å². The van der Waals surface area contributed by atoms with Crippen molar-refractivity contribution in [2.75, 3.05) is 12.8 Å². The first-order chi connectivity index (χ1) is 6.29. The van der Waals surface area contributed by atoms with Gasteiger partial charge in [0.2, 0.25) is 0 Å². The Morgan fingerprint density at radius 3 is 2.77 bits per heavy atom. The predicted octanol–water partition coefficient (Wildman–Crippen LogP) is 0.729. The largest absolute Gasteiger partial charge is 0.399 e. The van der Waals surface area contributed by atoms with Crippen molar-refractivity contribution in [2.45, 2.75) is 0 Å². The first-order valence-electron chi connectivity index (χ1n) is 3.63. The van der Waals surface area contributed by atoms with E-state index in [-0.39, 0.29) is 5.71 Å². The van der Waals surface area contributed by atoms with Gasteiger partial charge in [0, 0.05) is 11.3 Å². The molecule has 4 heteroatoms. The number of nitrogens with two attached hydrogens (primary N) is 1. The molecule has 0 spiro atoms. The molecular formula is C9H9N2O2. The van der Waals surface area contributed by atoms with E-state index in [9.17, 15) is 4.79 Å². The van der Waals surface area contributed by atoms with Crippen LogP contribution in [0.2, 0.25) is 0 Å². The summed E-state index contributed by atoms with van der Waals surface area (Å²) in [5.74, 6) is 0. The van der Waals surface area contributed by atoms with E-state index < -0.39 is 0 Å². The lowest BCUT2D eigenvalue weighted by Gasteiger charge is -2.01. The summed E-state index contributed by atoms with van der Waals surface area (Å²) in [4.78, 5) is 14.9. The van der Waals surface area contributed by atoms with Gasteiger partial charge in [0.1, 0.15) is 7.11 Å². The molecule has 0 aliphatic rings. The molecule has 0 bridgehead atoms. The van der Waals surface area contributed by atoms with E-state index in [0.29, 0.717) is 11.3 Å². The minimum atomic E-state index is 0.0700. The van der Waals surface area contributed by atoms with Crippen LogP contribution in [0, 0.1) is 0 Å². The van der Waals surface area contributed by atoms with E-state index in [4.69, 9.17) is 5.73 Å². The maximum atomic E-state index is 10.5. The molecule has 0 unspecified atom stereocenters. The molecule has 1 aromatic carbocycles. The van der Waals surface area contributed by atoms with Crippen LogP contribution < -0.4 is 5.73 Å². The molecule has 0 aromatic heterocycles. The lowest BCUT2D eigenvalue weighted by Crippen LogP contribution is -2.06. The van der Waals surface area contributed by atoms with Gasteiger partial charge in [0.05, 0.1) is 0 Å². The Labute approximate surface area is 76.0 Å². The van der Waals surface area contributed by atoms with Crippen LogP contribution in [-0.2, 0) is 9.63 Å². The topological polar surface area (TPSA) is 64.7 Å². The van der Waals surface area contributed by atoms with Gasteiger partial charge in [-0.15, -0.1) is 0 Å². The zero-order valence-corrected chi connectivity index (χ0v) is 7.15. The number of para-hydroxylation sites is 1. The quantitative estimate of drug-likeness (QED) is 0.420. The van der Waals surface area contributed by atoms with Gasteiger partial charge >= 0.3 is 0 Å². The van der Waals surface area contributed by atoms with Crippen LogP contribution in [-0.4, -0.2) is 19.1 Å². The van der Waals surface area contributed by atoms with Crippen molar-refractivity contribution >= 4 is 17.7 Å². The van der Waals surface area contributed by atoms with E-state index in [0.717, 1.165) is 0 Å². The van der Waals surface area contributed by atoms with Gasteiger partial charge < -0.3 is 10.6 Å². The normalized spacial score (nSPS) is 11.0. The van der Waals surface area contributed by atoms with E-state index in [2.05, 4.69) is 9.99 Å². The number of benzene rings is 1. The molecule has 0 saturated carbocycles. The third kappa shape index (κ3) is 2.05. The van der Waals surface area contributed by atoms with E-state index >= 15 is 0 Å². The Bertz CT molecular complexity index is 334. The minimum Gasteiger partial charge on any atom is -0.399 e. The van der Waals surface area contributed by atoms with Crippen LogP contribution >= 0.6 is 0 Å². The number of carbonyl (C=O) groups excluding carboxylic acids is 1. The van der Waals surface area contributed by atoms with Crippen molar-refractivity contribution < 1.29 is 9.63 Å². The third-order valence-corrected chi connectivity index (χ3v) is 1.50. The highest BCUT2D eigenvalue weighted by Crippen LogP contribution is 2.10. The molecule has 0 heterocycles. The molecule has 4 nitrogen and oxygen atoms in total. The van der Waals surface area contributed by atoms with Gasteiger partial charge in [-0.05, 0) is 6.07 Å². The summed E-state index contributed by atoms with van der Waals surface area (Å²) >= 11 is 0. The fourth-order valence-electron chi connectivity index (χ4n) is 0.927. The van der Waals surface area contributed by atoms with Crippen LogP contribution in [0.1, 0.15) is 5.56 Å². The summed E-state index contributed by atoms with van der Waals surface area (Å²) < 4.78 is 0. The highest BCUT2D eigenvalue weighted by Gasteiger charge is 2.06. The molecular weight excluding hydrogens is 168 g/mol. The molecule has 67 valence electrons. The van der Waals surface area contributed by atoms with Gasteiger partial charge in [0.15, 0.2) is 5.71 Å². The van der Waals surface area contributed by atoms with E-state index in [1.54, 1.807) is 30.6 Å². The summed E-state index contributed by atoms with van der Waals surface area (Å²) in [7, 11) is 1.36. The maximum absolute atomic E-state index is 10.5. The number of hydrogen-bond acceptors (Lipinski definition) is 4. The van der Waals surface area contributed by atoms with E-state index in [1.807, 2.05) is 0 Å². The van der Waals surface area contributed by atoms with Crippen molar-refractivity contribution in [1.82, 2.24) is 0 Å². The second-order valence-electron chi connectivity index (χ2n) is 2.31. The zero-order valence-electron chi connectivity index (χ0n) is 7.15. The van der Waals surface area contributed by atoms with Gasteiger partial charge in [-0.3, -0.25) is 4.79 Å². The molecule has 0 saturated heterocycles. The summed E-state index contributed by atoms with van der Waals surface area (Å²) in [6.07, 6.45) is 1.66. The number of anilines is 1. The third-order valence-electron chi connectivity index (χ3n) is 1.50. The summed E-state index contributed by atoms with van der Waals surface area (Å²) in [5.41, 5.74) is 6.68. The van der Waals surface area contributed by atoms with Crippen LogP contribution in [0.4, 0.5) is 5.69 Å². The smallest absolute Gasteiger partial charge is 0.257 e. The van der Waals surface area contributed by atoms with Gasteiger partial charge in [-0.1, -0.05) is 23.4 Å². The van der Waals surface area contributed by atoms with Gasteiger partial charge in [-0.2, -0.15) is 0 Å². The fraction of sp³-hybridized carbons (Fsp3) is 0.111. The Morgan fingerprint density at radius 1 is 1.54 bits per heavy atom. The zero-order chi connectivity index (χ0) is 9.68.